The van der Waals surface area contributed by atoms with Gasteiger partial charge in [0.05, 0.1) is 18.3 Å². The summed E-state index contributed by atoms with van der Waals surface area (Å²) in [6.07, 6.45) is 0. The highest BCUT2D eigenvalue weighted by Crippen LogP contribution is 2.16. The molecule has 92 valence electrons. The molecule has 0 radical (unpaired) electrons. The van der Waals surface area contributed by atoms with Crippen molar-refractivity contribution in [3.63, 3.8) is 0 Å². The lowest BCUT2D eigenvalue weighted by molar-refractivity contribution is 0.120. The van der Waals surface area contributed by atoms with Crippen LogP contribution in [-0.4, -0.2) is 36.7 Å². The molecule has 16 heavy (non-hydrogen) atoms. The van der Waals surface area contributed by atoms with E-state index in [1.165, 1.54) is 0 Å². The second kappa shape index (κ2) is 6.96. The Labute approximate surface area is 101 Å². The number of ether oxygens (including phenoxy) is 1. The van der Waals surface area contributed by atoms with E-state index < -0.39 is 0 Å². The predicted molar refractivity (Wildman–Crippen MR) is 67.5 cm³/mol. The molecule has 1 rings (SSSR count). The molecule has 1 aromatic heterocycles. The van der Waals surface area contributed by atoms with E-state index in [0.29, 0.717) is 0 Å². The maximum Gasteiger partial charge on any atom is 0.109 e. The van der Waals surface area contributed by atoms with Gasteiger partial charge < -0.3 is 10.5 Å². The third-order valence-corrected chi connectivity index (χ3v) is 3.31. The summed E-state index contributed by atoms with van der Waals surface area (Å²) in [5.74, 6) is 0. The Balaban J connectivity index is 2.34. The lowest BCUT2D eigenvalue weighted by Crippen LogP contribution is -2.23. The molecule has 1 heterocycles. The highest BCUT2D eigenvalue weighted by atomic mass is 32.1. The summed E-state index contributed by atoms with van der Waals surface area (Å²) in [5, 5.41) is 3.09. The summed E-state index contributed by atoms with van der Waals surface area (Å²) in [6, 6.07) is 0.0347. The van der Waals surface area contributed by atoms with Crippen LogP contribution in [0, 0.1) is 0 Å². The molecule has 4 nitrogen and oxygen atoms in total. The van der Waals surface area contributed by atoms with Gasteiger partial charge in [0.1, 0.15) is 5.01 Å². The van der Waals surface area contributed by atoms with Gasteiger partial charge in [-0.1, -0.05) is 0 Å². The van der Waals surface area contributed by atoms with Crippen molar-refractivity contribution in [1.82, 2.24) is 9.88 Å². The van der Waals surface area contributed by atoms with Crippen molar-refractivity contribution in [1.29, 1.82) is 0 Å². The number of aromatic nitrogens is 1. The first-order valence-corrected chi connectivity index (χ1v) is 6.47. The van der Waals surface area contributed by atoms with E-state index in [9.17, 15) is 0 Å². The topological polar surface area (TPSA) is 51.4 Å². The molecular weight excluding hydrogens is 222 g/mol. The van der Waals surface area contributed by atoms with E-state index in [1.54, 1.807) is 11.3 Å². The van der Waals surface area contributed by atoms with Crippen LogP contribution >= 0.6 is 11.3 Å². The smallest absolute Gasteiger partial charge is 0.109 e. The summed E-state index contributed by atoms with van der Waals surface area (Å²) in [5.41, 5.74) is 6.86. The Hall–Kier alpha value is -0.490. The second-order valence-corrected chi connectivity index (χ2v) is 4.79. The summed E-state index contributed by atoms with van der Waals surface area (Å²) in [7, 11) is 2.07. The molecule has 0 amide bonds. The Kier molecular flexibility index (Phi) is 5.90. The summed E-state index contributed by atoms with van der Waals surface area (Å²) >= 11 is 1.63. The van der Waals surface area contributed by atoms with Crippen molar-refractivity contribution < 1.29 is 4.74 Å². The third kappa shape index (κ3) is 4.57. The number of rotatable bonds is 7. The maximum atomic E-state index is 5.77. The fraction of sp³-hybridized carbons (Fsp3) is 0.727. The molecule has 0 saturated heterocycles. The quantitative estimate of drug-likeness (QED) is 0.740. The minimum atomic E-state index is 0.0347. The molecule has 0 aliphatic heterocycles. The Morgan fingerprint density at radius 3 is 2.94 bits per heavy atom. The number of hydrogen-bond acceptors (Lipinski definition) is 5. The van der Waals surface area contributed by atoms with Gasteiger partial charge in [-0.05, 0) is 20.9 Å². The highest BCUT2D eigenvalue weighted by molar-refractivity contribution is 7.09. The normalized spacial score (nSPS) is 13.3. The van der Waals surface area contributed by atoms with Crippen LogP contribution in [0.3, 0.4) is 0 Å². The molecule has 1 unspecified atom stereocenters. The van der Waals surface area contributed by atoms with Crippen LogP contribution in [0.2, 0.25) is 0 Å². The standard InChI is InChI=1S/C11H21N3OS/c1-4-15-6-5-14(3)7-10-8-16-11(13-10)9(2)12/h8-9H,4-7,12H2,1-3H3. The van der Waals surface area contributed by atoms with Crippen LogP contribution in [0.4, 0.5) is 0 Å². The Morgan fingerprint density at radius 2 is 2.38 bits per heavy atom. The summed E-state index contributed by atoms with van der Waals surface area (Å²) in [4.78, 5) is 6.69. The molecule has 2 N–H and O–H groups in total. The van der Waals surface area contributed by atoms with Crippen LogP contribution < -0.4 is 5.73 Å². The highest BCUT2D eigenvalue weighted by Gasteiger charge is 2.07. The van der Waals surface area contributed by atoms with Crippen LogP contribution in [0.25, 0.3) is 0 Å². The zero-order chi connectivity index (χ0) is 12.0. The summed E-state index contributed by atoms with van der Waals surface area (Å²) in [6.45, 7) is 7.31. The monoisotopic (exact) mass is 243 g/mol. The lowest BCUT2D eigenvalue weighted by Gasteiger charge is -2.14. The van der Waals surface area contributed by atoms with E-state index in [2.05, 4.69) is 22.3 Å². The number of thiazole rings is 1. The van der Waals surface area contributed by atoms with Crippen molar-refractivity contribution in [2.45, 2.75) is 26.4 Å². The molecule has 0 spiro atoms. The largest absolute Gasteiger partial charge is 0.380 e. The molecule has 0 aromatic carbocycles. The average Bonchev–Trinajstić information content (AvgIpc) is 2.66. The van der Waals surface area contributed by atoms with Gasteiger partial charge in [-0.2, -0.15) is 0 Å². The number of hydrogen-bond donors (Lipinski definition) is 1. The van der Waals surface area contributed by atoms with E-state index in [-0.39, 0.29) is 6.04 Å². The number of likely N-dealkylation sites (N-methyl/N-ethyl adjacent to an activating group) is 1. The molecule has 1 atom stereocenters. The van der Waals surface area contributed by atoms with Crippen molar-refractivity contribution in [3.05, 3.63) is 16.1 Å². The van der Waals surface area contributed by atoms with Gasteiger partial charge >= 0.3 is 0 Å². The molecule has 0 aliphatic carbocycles. The maximum absolute atomic E-state index is 5.77. The van der Waals surface area contributed by atoms with Gasteiger partial charge in [0, 0.05) is 25.1 Å². The first-order chi connectivity index (χ1) is 7.63. The molecule has 0 aliphatic rings. The van der Waals surface area contributed by atoms with Crippen LogP contribution in [0.1, 0.15) is 30.6 Å². The van der Waals surface area contributed by atoms with Gasteiger partial charge in [0.25, 0.3) is 0 Å². The fourth-order valence-corrected chi connectivity index (χ4v) is 2.09. The van der Waals surface area contributed by atoms with Gasteiger partial charge in [-0.15, -0.1) is 11.3 Å². The molecule has 5 heteroatoms. The van der Waals surface area contributed by atoms with E-state index in [0.717, 1.165) is 37.0 Å². The Bertz CT molecular complexity index is 301. The predicted octanol–water partition coefficient (Wildman–Crippen LogP) is 1.63. The van der Waals surface area contributed by atoms with Crippen molar-refractivity contribution in [2.24, 2.45) is 5.73 Å². The van der Waals surface area contributed by atoms with Crippen LogP contribution in [0.5, 0.6) is 0 Å². The SMILES string of the molecule is CCOCCN(C)Cc1csc(C(C)N)n1. The second-order valence-electron chi connectivity index (χ2n) is 3.90. The van der Waals surface area contributed by atoms with Gasteiger partial charge in [-0.3, -0.25) is 4.90 Å². The number of nitrogens with zero attached hydrogens (tertiary/aromatic N) is 2. The van der Waals surface area contributed by atoms with Crippen molar-refractivity contribution in [3.8, 4) is 0 Å². The lowest BCUT2D eigenvalue weighted by atomic mass is 10.4. The molecule has 0 saturated carbocycles. The van der Waals surface area contributed by atoms with Crippen molar-refractivity contribution >= 4 is 11.3 Å². The third-order valence-electron chi connectivity index (χ3n) is 2.21. The minimum absolute atomic E-state index is 0.0347. The van der Waals surface area contributed by atoms with E-state index in [4.69, 9.17) is 10.5 Å². The van der Waals surface area contributed by atoms with Gasteiger partial charge in [0.2, 0.25) is 0 Å². The average molecular weight is 243 g/mol. The fourth-order valence-electron chi connectivity index (χ4n) is 1.32. The molecule has 0 bridgehead atoms. The van der Waals surface area contributed by atoms with E-state index >= 15 is 0 Å². The van der Waals surface area contributed by atoms with Crippen LogP contribution in [-0.2, 0) is 11.3 Å². The van der Waals surface area contributed by atoms with Crippen LogP contribution in [0.15, 0.2) is 5.38 Å². The summed E-state index contributed by atoms with van der Waals surface area (Å²) < 4.78 is 5.31. The zero-order valence-corrected chi connectivity index (χ0v) is 11.1. The molecule has 0 fully saturated rings. The Morgan fingerprint density at radius 1 is 1.62 bits per heavy atom. The number of nitrogens with two attached hydrogens (primary N) is 1. The first kappa shape index (κ1) is 13.6. The minimum Gasteiger partial charge on any atom is -0.380 e. The van der Waals surface area contributed by atoms with E-state index in [1.807, 2.05) is 13.8 Å². The van der Waals surface area contributed by atoms with Gasteiger partial charge in [0.15, 0.2) is 0 Å². The van der Waals surface area contributed by atoms with Gasteiger partial charge in [-0.25, -0.2) is 4.98 Å². The molecule has 1 aromatic rings. The van der Waals surface area contributed by atoms with Crippen molar-refractivity contribution in [2.75, 3.05) is 26.8 Å². The first-order valence-electron chi connectivity index (χ1n) is 5.59. The molecular formula is C11H21N3OS. The zero-order valence-electron chi connectivity index (χ0n) is 10.3.